The molecule has 3 rings (SSSR count). The van der Waals surface area contributed by atoms with Crippen molar-refractivity contribution in [3.05, 3.63) is 58.0 Å². The highest BCUT2D eigenvalue weighted by Crippen LogP contribution is 2.22. The molecular weight excluding hydrogens is 274 g/mol. The van der Waals surface area contributed by atoms with Crippen molar-refractivity contribution < 1.29 is 9.21 Å². The van der Waals surface area contributed by atoms with Crippen LogP contribution in [-0.4, -0.2) is 5.91 Å². The first-order chi connectivity index (χ1) is 10.6. The van der Waals surface area contributed by atoms with Crippen LogP contribution < -0.4 is 5.32 Å². The minimum Gasteiger partial charge on any atom is -0.466 e. The number of benzene rings is 1. The maximum Gasteiger partial charge on any atom is 0.224 e. The largest absolute Gasteiger partial charge is 0.466 e. The Morgan fingerprint density at radius 3 is 2.64 bits per heavy atom. The molecule has 0 unspecified atom stereocenters. The molecule has 0 spiro atoms. The third-order valence-corrected chi connectivity index (χ3v) is 4.40. The minimum absolute atomic E-state index is 0.0639. The summed E-state index contributed by atoms with van der Waals surface area (Å²) >= 11 is 0. The Morgan fingerprint density at radius 2 is 1.91 bits per heavy atom. The molecular formula is C19H23NO2. The summed E-state index contributed by atoms with van der Waals surface area (Å²) in [6.45, 7) is 4.39. The molecule has 1 aliphatic rings. The molecule has 1 amide bonds. The van der Waals surface area contributed by atoms with Crippen LogP contribution in [0.1, 0.15) is 46.6 Å². The van der Waals surface area contributed by atoms with Crippen molar-refractivity contribution in [1.82, 2.24) is 5.32 Å². The third-order valence-electron chi connectivity index (χ3n) is 4.40. The fourth-order valence-corrected chi connectivity index (χ4v) is 3.20. The van der Waals surface area contributed by atoms with E-state index in [1.54, 1.807) is 0 Å². The van der Waals surface area contributed by atoms with Crippen molar-refractivity contribution in [3.63, 3.8) is 0 Å². The first kappa shape index (κ1) is 14.9. The topological polar surface area (TPSA) is 42.2 Å². The average Bonchev–Trinajstić information content (AvgIpc) is 2.83. The Balaban J connectivity index is 1.58. The lowest BCUT2D eigenvalue weighted by molar-refractivity contribution is -0.120. The van der Waals surface area contributed by atoms with Crippen molar-refractivity contribution >= 4 is 5.91 Å². The molecule has 0 saturated heterocycles. The van der Waals surface area contributed by atoms with Crippen LogP contribution in [0.15, 0.2) is 28.7 Å². The van der Waals surface area contributed by atoms with Gasteiger partial charge < -0.3 is 9.73 Å². The number of amides is 1. The quantitative estimate of drug-likeness (QED) is 0.936. The van der Waals surface area contributed by atoms with E-state index >= 15 is 0 Å². The number of aryl methyl sites for hydroxylation is 4. The highest BCUT2D eigenvalue weighted by atomic mass is 16.3. The van der Waals surface area contributed by atoms with E-state index < -0.39 is 0 Å². The average molecular weight is 297 g/mol. The fourth-order valence-electron chi connectivity index (χ4n) is 3.20. The van der Waals surface area contributed by atoms with E-state index in [4.69, 9.17) is 4.42 Å². The molecule has 0 aliphatic heterocycles. The molecule has 1 N–H and O–H groups in total. The van der Waals surface area contributed by atoms with Crippen LogP contribution in [-0.2, 0) is 30.6 Å². The number of fused-ring (bicyclic) bond motifs is 1. The molecule has 2 aromatic rings. The molecule has 1 aromatic carbocycles. The molecule has 3 heteroatoms. The SMILES string of the molecule is Cc1cc(CNC(=O)Cc2ccc3c(c2)CCCC3)c(C)o1. The minimum atomic E-state index is 0.0639. The van der Waals surface area contributed by atoms with Crippen LogP contribution in [0, 0.1) is 13.8 Å². The number of carbonyl (C=O) groups is 1. The van der Waals surface area contributed by atoms with Gasteiger partial charge in [0.15, 0.2) is 0 Å². The molecule has 0 bridgehead atoms. The molecule has 0 atom stereocenters. The Labute approximate surface area is 131 Å². The van der Waals surface area contributed by atoms with Crippen LogP contribution in [0.4, 0.5) is 0 Å². The molecule has 1 aliphatic carbocycles. The zero-order valence-electron chi connectivity index (χ0n) is 13.4. The fraction of sp³-hybridized carbons (Fsp3) is 0.421. The van der Waals surface area contributed by atoms with E-state index in [9.17, 15) is 4.79 Å². The number of hydrogen-bond acceptors (Lipinski definition) is 2. The molecule has 0 fully saturated rings. The second-order valence-electron chi connectivity index (χ2n) is 6.20. The van der Waals surface area contributed by atoms with Crippen LogP contribution in [0.25, 0.3) is 0 Å². The summed E-state index contributed by atoms with van der Waals surface area (Å²) in [5.41, 5.74) is 5.05. The van der Waals surface area contributed by atoms with E-state index in [-0.39, 0.29) is 5.91 Å². The predicted molar refractivity (Wildman–Crippen MR) is 86.8 cm³/mol. The zero-order chi connectivity index (χ0) is 15.5. The second-order valence-corrected chi connectivity index (χ2v) is 6.20. The van der Waals surface area contributed by atoms with Gasteiger partial charge in [-0.15, -0.1) is 0 Å². The molecule has 0 radical (unpaired) electrons. The van der Waals surface area contributed by atoms with E-state index in [2.05, 4.69) is 23.5 Å². The van der Waals surface area contributed by atoms with Gasteiger partial charge in [-0.25, -0.2) is 0 Å². The number of furan rings is 1. The molecule has 3 nitrogen and oxygen atoms in total. The van der Waals surface area contributed by atoms with Crippen LogP contribution in [0.2, 0.25) is 0 Å². The number of carbonyl (C=O) groups excluding carboxylic acids is 1. The van der Waals surface area contributed by atoms with Gasteiger partial charge in [-0.2, -0.15) is 0 Å². The van der Waals surface area contributed by atoms with Gasteiger partial charge in [-0.05, 0) is 62.3 Å². The maximum atomic E-state index is 12.1. The number of nitrogens with one attached hydrogen (secondary N) is 1. The standard InChI is InChI=1S/C19H23NO2/c1-13-9-18(14(2)22-13)12-20-19(21)11-15-7-8-16-5-3-4-6-17(16)10-15/h7-10H,3-6,11-12H2,1-2H3,(H,20,21). The lowest BCUT2D eigenvalue weighted by Crippen LogP contribution is -2.24. The van der Waals surface area contributed by atoms with Gasteiger partial charge in [-0.3, -0.25) is 4.79 Å². The Morgan fingerprint density at radius 1 is 1.14 bits per heavy atom. The summed E-state index contributed by atoms with van der Waals surface area (Å²) in [6, 6.07) is 8.48. The van der Waals surface area contributed by atoms with Gasteiger partial charge in [0.25, 0.3) is 0 Å². The lowest BCUT2D eigenvalue weighted by atomic mass is 9.90. The van der Waals surface area contributed by atoms with Crippen molar-refractivity contribution in [2.24, 2.45) is 0 Å². The highest BCUT2D eigenvalue weighted by Gasteiger charge is 2.12. The summed E-state index contributed by atoms with van der Waals surface area (Å²) in [7, 11) is 0. The summed E-state index contributed by atoms with van der Waals surface area (Å²) in [6.07, 6.45) is 5.33. The molecule has 116 valence electrons. The van der Waals surface area contributed by atoms with Gasteiger partial charge in [0.2, 0.25) is 5.91 Å². The normalized spacial score (nSPS) is 13.7. The molecule has 1 aromatic heterocycles. The van der Waals surface area contributed by atoms with Gasteiger partial charge >= 0.3 is 0 Å². The summed E-state index contributed by atoms with van der Waals surface area (Å²) in [5, 5.41) is 2.98. The number of hydrogen-bond donors (Lipinski definition) is 1. The van der Waals surface area contributed by atoms with Crippen molar-refractivity contribution in [3.8, 4) is 0 Å². The van der Waals surface area contributed by atoms with E-state index in [1.807, 2.05) is 19.9 Å². The Bertz CT molecular complexity index is 685. The monoisotopic (exact) mass is 297 g/mol. The van der Waals surface area contributed by atoms with Crippen molar-refractivity contribution in [2.45, 2.75) is 52.5 Å². The predicted octanol–water partition coefficient (Wildman–Crippen LogP) is 3.63. The van der Waals surface area contributed by atoms with Gasteiger partial charge in [0, 0.05) is 12.1 Å². The summed E-state index contributed by atoms with van der Waals surface area (Å²) in [5.74, 6) is 1.83. The van der Waals surface area contributed by atoms with Crippen LogP contribution in [0.3, 0.4) is 0 Å². The van der Waals surface area contributed by atoms with Crippen molar-refractivity contribution in [2.75, 3.05) is 0 Å². The van der Waals surface area contributed by atoms with Gasteiger partial charge in [0.05, 0.1) is 6.42 Å². The lowest BCUT2D eigenvalue weighted by Gasteiger charge is -2.16. The second kappa shape index (κ2) is 6.39. The van der Waals surface area contributed by atoms with E-state index in [0.717, 1.165) is 29.1 Å². The zero-order valence-corrected chi connectivity index (χ0v) is 13.4. The van der Waals surface area contributed by atoms with Crippen LogP contribution in [0.5, 0.6) is 0 Å². The Hall–Kier alpha value is -2.03. The summed E-state index contributed by atoms with van der Waals surface area (Å²) < 4.78 is 5.48. The van der Waals surface area contributed by atoms with E-state index in [1.165, 1.54) is 30.4 Å². The first-order valence-electron chi connectivity index (χ1n) is 8.05. The summed E-state index contributed by atoms with van der Waals surface area (Å²) in [4.78, 5) is 12.1. The van der Waals surface area contributed by atoms with Gasteiger partial charge in [0.1, 0.15) is 11.5 Å². The molecule has 0 saturated carbocycles. The molecule has 1 heterocycles. The number of rotatable bonds is 4. The van der Waals surface area contributed by atoms with E-state index in [0.29, 0.717) is 13.0 Å². The third kappa shape index (κ3) is 3.41. The molecule has 22 heavy (non-hydrogen) atoms. The smallest absolute Gasteiger partial charge is 0.224 e. The van der Waals surface area contributed by atoms with Gasteiger partial charge in [-0.1, -0.05) is 18.2 Å². The maximum absolute atomic E-state index is 12.1. The first-order valence-corrected chi connectivity index (χ1v) is 8.05. The van der Waals surface area contributed by atoms with Crippen molar-refractivity contribution in [1.29, 1.82) is 0 Å². The Kier molecular flexibility index (Phi) is 4.32. The van der Waals surface area contributed by atoms with Crippen LogP contribution >= 0.6 is 0 Å². The highest BCUT2D eigenvalue weighted by molar-refractivity contribution is 5.78.